The van der Waals surface area contributed by atoms with E-state index in [0.717, 1.165) is 44.9 Å². The average molecular weight is 428 g/mol. The van der Waals surface area contributed by atoms with Crippen LogP contribution in [0, 0.1) is 6.92 Å². The molecule has 0 bridgehead atoms. The van der Waals surface area contributed by atoms with Gasteiger partial charge in [-0.05, 0) is 31.2 Å². The highest BCUT2D eigenvalue weighted by molar-refractivity contribution is 5.86. The summed E-state index contributed by atoms with van der Waals surface area (Å²) in [5.74, 6) is 0. The second kappa shape index (κ2) is 7.88. The van der Waals surface area contributed by atoms with Gasteiger partial charge in [0.1, 0.15) is 22.6 Å². The maximum absolute atomic E-state index is 5.14. The summed E-state index contributed by atoms with van der Waals surface area (Å²) >= 11 is 0. The number of aromatic nitrogens is 5. The zero-order chi connectivity index (χ0) is 22.2. The van der Waals surface area contributed by atoms with Crippen molar-refractivity contribution in [2.45, 2.75) is 6.92 Å². The molecule has 0 fully saturated rings. The van der Waals surface area contributed by atoms with Gasteiger partial charge in [-0.2, -0.15) is 5.10 Å². The molecular weight excluding hydrogens is 406 g/mol. The molecular formula is C28H21N5. The summed E-state index contributed by atoms with van der Waals surface area (Å²) < 4.78 is 3.93. The molecule has 0 aliphatic carbocycles. The van der Waals surface area contributed by atoms with Gasteiger partial charge in [-0.25, -0.2) is 9.36 Å². The van der Waals surface area contributed by atoms with E-state index in [0.29, 0.717) is 0 Å². The van der Waals surface area contributed by atoms with Crippen LogP contribution in [-0.4, -0.2) is 24.8 Å². The summed E-state index contributed by atoms with van der Waals surface area (Å²) in [5, 5.41) is 14.2. The Kier molecular flexibility index (Phi) is 4.58. The van der Waals surface area contributed by atoms with Gasteiger partial charge in [0.15, 0.2) is 0 Å². The summed E-state index contributed by atoms with van der Waals surface area (Å²) in [4.78, 5) is 0. The van der Waals surface area contributed by atoms with Crippen LogP contribution >= 0.6 is 0 Å². The van der Waals surface area contributed by atoms with Gasteiger partial charge in [0.25, 0.3) is 0 Å². The molecule has 6 rings (SSSR count). The highest BCUT2D eigenvalue weighted by Crippen LogP contribution is 2.38. The van der Waals surface area contributed by atoms with Crippen LogP contribution in [0.2, 0.25) is 0 Å². The molecule has 158 valence electrons. The smallest absolute Gasteiger partial charge is 0.121 e. The first-order valence-corrected chi connectivity index (χ1v) is 10.9. The van der Waals surface area contributed by atoms with E-state index in [1.807, 2.05) is 70.0 Å². The predicted molar refractivity (Wildman–Crippen MR) is 132 cm³/mol. The standard InChI is InChI=1S/C28H21N5/c1-20-16-18-22(19-17-20)27-28(33-25-15-9-8-14-24(25)29-31-33)26(21-10-4-2-5-11-21)30-32(27)23-12-6-3-7-13-23/h2-19H,1H3. The molecule has 5 nitrogen and oxygen atoms in total. The van der Waals surface area contributed by atoms with Gasteiger partial charge in [0, 0.05) is 11.1 Å². The van der Waals surface area contributed by atoms with Crippen molar-refractivity contribution in [3.63, 3.8) is 0 Å². The number of fused-ring (bicyclic) bond motifs is 1. The van der Waals surface area contributed by atoms with Crippen LogP contribution < -0.4 is 0 Å². The largest absolute Gasteiger partial charge is 0.230 e. The van der Waals surface area contributed by atoms with Gasteiger partial charge in [-0.3, -0.25) is 0 Å². The number of hydrogen-bond donors (Lipinski definition) is 0. The fraction of sp³-hybridized carbons (Fsp3) is 0.0357. The van der Waals surface area contributed by atoms with Crippen molar-refractivity contribution in [3.8, 4) is 33.9 Å². The number of nitrogens with zero attached hydrogens (tertiary/aromatic N) is 5. The molecule has 0 aliphatic heterocycles. The summed E-state index contributed by atoms with van der Waals surface area (Å²) in [6.45, 7) is 2.10. The van der Waals surface area contributed by atoms with Crippen LogP contribution in [0.1, 0.15) is 5.56 Å². The van der Waals surface area contributed by atoms with Gasteiger partial charge in [-0.1, -0.05) is 95.7 Å². The first-order valence-electron chi connectivity index (χ1n) is 10.9. The quantitative estimate of drug-likeness (QED) is 0.334. The zero-order valence-corrected chi connectivity index (χ0v) is 18.1. The monoisotopic (exact) mass is 427 g/mol. The molecule has 6 aromatic rings. The predicted octanol–water partition coefficient (Wildman–Crippen LogP) is 6.25. The van der Waals surface area contributed by atoms with Crippen molar-refractivity contribution < 1.29 is 0 Å². The maximum Gasteiger partial charge on any atom is 0.121 e. The number of para-hydroxylation sites is 2. The van der Waals surface area contributed by atoms with Crippen LogP contribution in [-0.2, 0) is 0 Å². The first-order chi connectivity index (χ1) is 16.3. The molecule has 2 aromatic heterocycles. The Morgan fingerprint density at radius 2 is 1.27 bits per heavy atom. The van der Waals surface area contributed by atoms with Crippen molar-refractivity contribution in [2.75, 3.05) is 0 Å². The normalized spacial score (nSPS) is 11.2. The first kappa shape index (κ1) is 19.2. The molecule has 2 heterocycles. The average Bonchev–Trinajstić information content (AvgIpc) is 3.47. The summed E-state index contributed by atoms with van der Waals surface area (Å²) in [5.41, 5.74) is 8.80. The zero-order valence-electron chi connectivity index (χ0n) is 18.1. The Hall–Kier alpha value is -4.51. The van der Waals surface area contributed by atoms with Crippen molar-refractivity contribution in [2.24, 2.45) is 0 Å². The summed E-state index contributed by atoms with van der Waals surface area (Å²) in [6, 6.07) is 37.0. The minimum Gasteiger partial charge on any atom is -0.230 e. The number of hydrogen-bond acceptors (Lipinski definition) is 3. The molecule has 5 heteroatoms. The van der Waals surface area contributed by atoms with Crippen molar-refractivity contribution in [1.29, 1.82) is 0 Å². The number of rotatable bonds is 4. The number of benzene rings is 4. The second-order valence-corrected chi connectivity index (χ2v) is 8.02. The highest BCUT2D eigenvalue weighted by Gasteiger charge is 2.25. The molecule has 0 amide bonds. The van der Waals surface area contributed by atoms with Crippen LogP contribution in [0.15, 0.2) is 109 Å². The summed E-state index contributed by atoms with van der Waals surface area (Å²) in [6.07, 6.45) is 0. The van der Waals surface area contributed by atoms with Gasteiger partial charge >= 0.3 is 0 Å². The molecule has 0 saturated heterocycles. The molecule has 0 aliphatic rings. The lowest BCUT2D eigenvalue weighted by Crippen LogP contribution is -2.03. The Balaban J connectivity index is 1.75. The molecule has 0 N–H and O–H groups in total. The van der Waals surface area contributed by atoms with Crippen LogP contribution in [0.4, 0.5) is 0 Å². The van der Waals surface area contributed by atoms with E-state index in [-0.39, 0.29) is 0 Å². The van der Waals surface area contributed by atoms with Crippen molar-refractivity contribution in [3.05, 3.63) is 115 Å². The molecule has 33 heavy (non-hydrogen) atoms. The van der Waals surface area contributed by atoms with E-state index < -0.39 is 0 Å². The van der Waals surface area contributed by atoms with Crippen LogP contribution in [0.5, 0.6) is 0 Å². The third-order valence-corrected chi connectivity index (χ3v) is 5.80. The lowest BCUT2D eigenvalue weighted by atomic mass is 10.0. The lowest BCUT2D eigenvalue weighted by molar-refractivity contribution is 0.825. The minimum absolute atomic E-state index is 0.846. The fourth-order valence-corrected chi connectivity index (χ4v) is 4.16. The van der Waals surface area contributed by atoms with Crippen LogP contribution in [0.3, 0.4) is 0 Å². The fourth-order valence-electron chi connectivity index (χ4n) is 4.16. The molecule has 0 unspecified atom stereocenters. The molecule has 4 aromatic carbocycles. The Labute approximate surface area is 191 Å². The van der Waals surface area contributed by atoms with Crippen molar-refractivity contribution in [1.82, 2.24) is 24.8 Å². The van der Waals surface area contributed by atoms with E-state index in [2.05, 4.69) is 65.8 Å². The van der Waals surface area contributed by atoms with E-state index in [4.69, 9.17) is 5.10 Å². The topological polar surface area (TPSA) is 48.5 Å². The minimum atomic E-state index is 0.846. The second-order valence-electron chi connectivity index (χ2n) is 8.02. The van der Waals surface area contributed by atoms with Crippen LogP contribution in [0.25, 0.3) is 44.9 Å². The van der Waals surface area contributed by atoms with Gasteiger partial charge in [0.05, 0.1) is 11.2 Å². The molecule has 0 radical (unpaired) electrons. The maximum atomic E-state index is 5.14. The Morgan fingerprint density at radius 3 is 2.03 bits per heavy atom. The van der Waals surface area contributed by atoms with E-state index in [1.54, 1.807) is 0 Å². The Morgan fingerprint density at radius 1 is 0.606 bits per heavy atom. The Bertz CT molecular complexity index is 1550. The third-order valence-electron chi connectivity index (χ3n) is 5.80. The third kappa shape index (κ3) is 3.31. The van der Waals surface area contributed by atoms with Gasteiger partial charge in [-0.15, -0.1) is 5.10 Å². The van der Waals surface area contributed by atoms with Gasteiger partial charge < -0.3 is 0 Å². The SMILES string of the molecule is Cc1ccc(-c2c(-n3nnc4ccccc43)c(-c3ccccc3)nn2-c2ccccc2)cc1. The van der Waals surface area contributed by atoms with Crippen molar-refractivity contribution >= 4 is 11.0 Å². The van der Waals surface area contributed by atoms with E-state index in [1.165, 1.54) is 5.56 Å². The van der Waals surface area contributed by atoms with Gasteiger partial charge in [0.2, 0.25) is 0 Å². The molecule has 0 saturated carbocycles. The molecule has 0 spiro atoms. The summed E-state index contributed by atoms with van der Waals surface area (Å²) in [7, 11) is 0. The lowest BCUT2D eigenvalue weighted by Gasteiger charge is -2.11. The number of aryl methyl sites for hydroxylation is 1. The van der Waals surface area contributed by atoms with E-state index >= 15 is 0 Å². The highest BCUT2D eigenvalue weighted by atomic mass is 15.4. The van der Waals surface area contributed by atoms with E-state index in [9.17, 15) is 0 Å². The molecule has 0 atom stereocenters.